The second-order valence-electron chi connectivity index (χ2n) is 5.40. The Bertz CT molecular complexity index is 777. The van der Waals surface area contributed by atoms with E-state index in [9.17, 15) is 4.79 Å². The predicted octanol–water partition coefficient (Wildman–Crippen LogP) is 1.87. The molecule has 0 atom stereocenters. The molecule has 0 saturated carbocycles. The van der Waals surface area contributed by atoms with Crippen molar-refractivity contribution in [1.82, 2.24) is 14.9 Å². The van der Waals surface area contributed by atoms with Gasteiger partial charge in [0.2, 0.25) is 0 Å². The summed E-state index contributed by atoms with van der Waals surface area (Å²) in [4.78, 5) is 22.9. The Morgan fingerprint density at radius 1 is 1.25 bits per heavy atom. The zero-order valence-electron chi connectivity index (χ0n) is 13.3. The first-order valence-corrected chi connectivity index (χ1v) is 7.65. The topological polar surface area (TPSA) is 91.1 Å². The quantitative estimate of drug-likeness (QED) is 0.927. The molecule has 2 aromatic rings. The summed E-state index contributed by atoms with van der Waals surface area (Å²) in [6, 6.07) is 10.7. The molecule has 0 spiro atoms. The van der Waals surface area contributed by atoms with Crippen LogP contribution in [0.4, 0.5) is 11.5 Å². The number of anilines is 2. The zero-order chi connectivity index (χ0) is 16.9. The summed E-state index contributed by atoms with van der Waals surface area (Å²) >= 11 is 0. The van der Waals surface area contributed by atoms with Crippen molar-refractivity contribution in [3.8, 4) is 6.07 Å². The number of aromatic nitrogens is 2. The number of morpholine rings is 1. The maximum absolute atomic E-state index is 12.6. The highest BCUT2D eigenvalue weighted by Crippen LogP contribution is 2.17. The van der Waals surface area contributed by atoms with E-state index in [2.05, 4.69) is 21.4 Å². The molecule has 0 radical (unpaired) electrons. The monoisotopic (exact) mass is 323 g/mol. The van der Waals surface area contributed by atoms with Gasteiger partial charge in [-0.15, -0.1) is 0 Å². The lowest BCUT2D eigenvalue weighted by Crippen LogP contribution is -2.41. The summed E-state index contributed by atoms with van der Waals surface area (Å²) in [7, 11) is 0. The summed E-state index contributed by atoms with van der Waals surface area (Å²) in [6.07, 6.45) is 0. The predicted molar refractivity (Wildman–Crippen MR) is 87.9 cm³/mol. The van der Waals surface area contributed by atoms with Crippen LogP contribution in [0.15, 0.2) is 30.3 Å². The van der Waals surface area contributed by atoms with E-state index < -0.39 is 0 Å². The number of nitrogens with zero attached hydrogens (tertiary/aromatic N) is 4. The molecule has 0 bridgehead atoms. The zero-order valence-corrected chi connectivity index (χ0v) is 13.3. The molecular weight excluding hydrogens is 306 g/mol. The molecule has 122 valence electrons. The van der Waals surface area contributed by atoms with Gasteiger partial charge in [0.25, 0.3) is 5.91 Å². The third kappa shape index (κ3) is 3.67. The fraction of sp³-hybridized carbons (Fsp3) is 0.294. The van der Waals surface area contributed by atoms with Crippen LogP contribution in [-0.4, -0.2) is 47.1 Å². The highest BCUT2D eigenvalue weighted by Gasteiger charge is 2.20. The number of nitriles is 1. The Morgan fingerprint density at radius 2 is 1.96 bits per heavy atom. The normalized spacial score (nSPS) is 14.1. The molecule has 3 rings (SSSR count). The Morgan fingerprint density at radius 3 is 2.62 bits per heavy atom. The molecule has 7 nitrogen and oxygen atoms in total. The average Bonchev–Trinajstić information content (AvgIpc) is 2.62. The molecule has 7 heteroatoms. The number of aryl methyl sites for hydroxylation is 1. The molecule has 0 unspecified atom stereocenters. The van der Waals surface area contributed by atoms with Gasteiger partial charge in [-0.3, -0.25) is 4.79 Å². The standard InChI is InChI=1S/C17H17N5O2/c1-12-19-15(17(23)22-6-8-24-9-7-22)10-16(20-12)21-14-4-2-13(11-18)3-5-14/h2-5,10H,6-9H2,1H3,(H,19,20,21). The molecule has 1 aromatic heterocycles. The first kappa shape index (κ1) is 15.9. The molecular formula is C17H17N5O2. The summed E-state index contributed by atoms with van der Waals surface area (Å²) in [5, 5.41) is 12.0. The van der Waals surface area contributed by atoms with Crippen LogP contribution >= 0.6 is 0 Å². The van der Waals surface area contributed by atoms with E-state index in [1.165, 1.54) is 0 Å². The van der Waals surface area contributed by atoms with Crippen molar-refractivity contribution in [1.29, 1.82) is 5.26 Å². The fourth-order valence-electron chi connectivity index (χ4n) is 2.45. The molecule has 1 fully saturated rings. The minimum atomic E-state index is -0.119. The van der Waals surface area contributed by atoms with E-state index in [0.29, 0.717) is 49.2 Å². The first-order valence-electron chi connectivity index (χ1n) is 7.65. The highest BCUT2D eigenvalue weighted by molar-refractivity contribution is 5.93. The number of amides is 1. The first-order chi connectivity index (χ1) is 11.7. The van der Waals surface area contributed by atoms with Gasteiger partial charge < -0.3 is 15.0 Å². The Labute approximate surface area is 139 Å². The van der Waals surface area contributed by atoms with E-state index >= 15 is 0 Å². The van der Waals surface area contributed by atoms with Gasteiger partial charge in [0, 0.05) is 24.8 Å². The molecule has 1 amide bonds. The molecule has 1 N–H and O–H groups in total. The number of hydrogen-bond acceptors (Lipinski definition) is 6. The van der Waals surface area contributed by atoms with Gasteiger partial charge in [0.1, 0.15) is 17.3 Å². The van der Waals surface area contributed by atoms with Crippen LogP contribution in [0.2, 0.25) is 0 Å². The van der Waals surface area contributed by atoms with E-state index in [1.54, 1.807) is 42.2 Å². The lowest BCUT2D eigenvalue weighted by Gasteiger charge is -2.26. The average molecular weight is 323 g/mol. The van der Waals surface area contributed by atoms with E-state index in [-0.39, 0.29) is 5.91 Å². The second kappa shape index (κ2) is 7.06. The third-order valence-corrected chi connectivity index (χ3v) is 3.64. The molecule has 0 aliphatic carbocycles. The third-order valence-electron chi connectivity index (χ3n) is 3.64. The van der Waals surface area contributed by atoms with Crippen molar-refractivity contribution in [2.45, 2.75) is 6.92 Å². The van der Waals surface area contributed by atoms with Gasteiger partial charge >= 0.3 is 0 Å². The van der Waals surface area contributed by atoms with Crippen LogP contribution in [0, 0.1) is 18.3 Å². The van der Waals surface area contributed by atoms with E-state index in [0.717, 1.165) is 5.69 Å². The van der Waals surface area contributed by atoms with Gasteiger partial charge in [0.15, 0.2) is 0 Å². The van der Waals surface area contributed by atoms with Crippen molar-refractivity contribution in [3.05, 3.63) is 47.4 Å². The van der Waals surface area contributed by atoms with Crippen molar-refractivity contribution in [2.75, 3.05) is 31.6 Å². The maximum Gasteiger partial charge on any atom is 0.272 e. The number of carbonyl (C=O) groups excluding carboxylic acids is 1. The molecule has 24 heavy (non-hydrogen) atoms. The maximum atomic E-state index is 12.6. The Hall–Kier alpha value is -2.98. The van der Waals surface area contributed by atoms with Gasteiger partial charge in [-0.25, -0.2) is 9.97 Å². The van der Waals surface area contributed by atoms with Crippen LogP contribution in [0.3, 0.4) is 0 Å². The summed E-state index contributed by atoms with van der Waals surface area (Å²) in [6.45, 7) is 3.99. The SMILES string of the molecule is Cc1nc(Nc2ccc(C#N)cc2)cc(C(=O)N2CCOCC2)n1. The fourth-order valence-corrected chi connectivity index (χ4v) is 2.45. The Kier molecular flexibility index (Phi) is 4.68. The number of ether oxygens (including phenoxy) is 1. The van der Waals surface area contributed by atoms with E-state index in [4.69, 9.17) is 10.00 Å². The van der Waals surface area contributed by atoms with Crippen molar-refractivity contribution in [2.24, 2.45) is 0 Å². The van der Waals surface area contributed by atoms with Crippen molar-refractivity contribution in [3.63, 3.8) is 0 Å². The number of carbonyl (C=O) groups is 1. The van der Waals surface area contributed by atoms with Gasteiger partial charge in [-0.2, -0.15) is 5.26 Å². The van der Waals surface area contributed by atoms with Crippen LogP contribution in [0.5, 0.6) is 0 Å². The Balaban J connectivity index is 1.80. The number of benzene rings is 1. The van der Waals surface area contributed by atoms with Gasteiger partial charge in [-0.05, 0) is 31.2 Å². The highest BCUT2D eigenvalue weighted by atomic mass is 16.5. The second-order valence-corrected chi connectivity index (χ2v) is 5.40. The van der Waals surface area contributed by atoms with Gasteiger partial charge in [0.05, 0.1) is 24.8 Å². The number of rotatable bonds is 3. The number of nitrogens with one attached hydrogen (secondary N) is 1. The van der Waals surface area contributed by atoms with Gasteiger partial charge in [-0.1, -0.05) is 0 Å². The smallest absolute Gasteiger partial charge is 0.272 e. The minimum Gasteiger partial charge on any atom is -0.378 e. The lowest BCUT2D eigenvalue weighted by atomic mass is 10.2. The summed E-state index contributed by atoms with van der Waals surface area (Å²) in [5.41, 5.74) is 1.74. The van der Waals surface area contributed by atoms with E-state index in [1.807, 2.05) is 0 Å². The molecule has 1 saturated heterocycles. The van der Waals surface area contributed by atoms with Crippen LogP contribution in [0.1, 0.15) is 21.9 Å². The van der Waals surface area contributed by atoms with Crippen molar-refractivity contribution < 1.29 is 9.53 Å². The summed E-state index contributed by atoms with van der Waals surface area (Å²) in [5.74, 6) is 0.945. The van der Waals surface area contributed by atoms with Crippen LogP contribution in [-0.2, 0) is 4.74 Å². The van der Waals surface area contributed by atoms with Crippen LogP contribution < -0.4 is 5.32 Å². The molecule has 1 aliphatic rings. The molecule has 1 aliphatic heterocycles. The van der Waals surface area contributed by atoms with Crippen molar-refractivity contribution >= 4 is 17.4 Å². The lowest BCUT2D eigenvalue weighted by molar-refractivity contribution is 0.0299. The summed E-state index contributed by atoms with van der Waals surface area (Å²) < 4.78 is 5.27. The minimum absolute atomic E-state index is 0.119. The largest absolute Gasteiger partial charge is 0.378 e. The number of hydrogen-bond donors (Lipinski definition) is 1. The molecule has 2 heterocycles. The van der Waals surface area contributed by atoms with Crippen LogP contribution in [0.25, 0.3) is 0 Å². The molecule has 1 aromatic carbocycles.